The lowest BCUT2D eigenvalue weighted by Crippen LogP contribution is -2.43. The minimum absolute atomic E-state index is 0.193. The van der Waals surface area contributed by atoms with Crippen LogP contribution in [-0.2, 0) is 16.0 Å². The molecule has 0 radical (unpaired) electrons. The summed E-state index contributed by atoms with van der Waals surface area (Å²) in [6, 6.07) is 12.0. The number of anilines is 1. The number of amides is 2. The molecule has 0 aliphatic rings. The first kappa shape index (κ1) is 23.1. The molecule has 2 amide bonds. The van der Waals surface area contributed by atoms with Gasteiger partial charge in [0.15, 0.2) is 5.78 Å². The van der Waals surface area contributed by atoms with Gasteiger partial charge in [-0.15, -0.1) is 0 Å². The SMILES string of the molecule is CC[C@H](NC(=O)OC(C)(C)C)C(=O)Cc1cccc(F)c1C(=O)Nc1ccccc1. The molecule has 0 heterocycles. The first-order chi connectivity index (χ1) is 14.1. The molecule has 0 fully saturated rings. The Labute approximate surface area is 175 Å². The summed E-state index contributed by atoms with van der Waals surface area (Å²) in [5, 5.41) is 5.18. The molecule has 0 bridgehead atoms. The van der Waals surface area contributed by atoms with Gasteiger partial charge in [0.1, 0.15) is 11.4 Å². The molecule has 0 saturated carbocycles. The quantitative estimate of drug-likeness (QED) is 0.699. The van der Waals surface area contributed by atoms with E-state index in [0.717, 1.165) is 0 Å². The fraction of sp³-hybridized carbons (Fsp3) is 0.348. The van der Waals surface area contributed by atoms with E-state index in [1.54, 1.807) is 58.0 Å². The number of halogens is 1. The maximum Gasteiger partial charge on any atom is 0.408 e. The van der Waals surface area contributed by atoms with E-state index in [4.69, 9.17) is 4.74 Å². The number of para-hydroxylation sites is 1. The number of hydrogen-bond acceptors (Lipinski definition) is 4. The molecule has 1 atom stereocenters. The number of rotatable bonds is 7. The van der Waals surface area contributed by atoms with E-state index < -0.39 is 29.5 Å². The first-order valence-electron chi connectivity index (χ1n) is 9.76. The third-order valence-corrected chi connectivity index (χ3v) is 4.21. The summed E-state index contributed by atoms with van der Waals surface area (Å²) in [7, 11) is 0. The van der Waals surface area contributed by atoms with Crippen molar-refractivity contribution in [2.75, 3.05) is 5.32 Å². The highest BCUT2D eigenvalue weighted by Gasteiger charge is 2.25. The molecule has 7 heteroatoms. The fourth-order valence-electron chi connectivity index (χ4n) is 2.86. The topological polar surface area (TPSA) is 84.5 Å². The second-order valence-corrected chi connectivity index (χ2v) is 7.84. The molecule has 6 nitrogen and oxygen atoms in total. The van der Waals surface area contributed by atoms with Crippen LogP contribution in [0, 0.1) is 5.82 Å². The van der Waals surface area contributed by atoms with Crippen molar-refractivity contribution in [3.8, 4) is 0 Å². The molecule has 0 aliphatic heterocycles. The van der Waals surface area contributed by atoms with Gasteiger partial charge in [0.05, 0.1) is 11.6 Å². The summed E-state index contributed by atoms with van der Waals surface area (Å²) in [6.07, 6.45) is -0.577. The van der Waals surface area contributed by atoms with E-state index in [-0.39, 0.29) is 23.3 Å². The molecule has 30 heavy (non-hydrogen) atoms. The van der Waals surface area contributed by atoms with E-state index in [1.807, 2.05) is 0 Å². The zero-order valence-electron chi connectivity index (χ0n) is 17.6. The molecule has 0 aromatic heterocycles. The number of carbonyl (C=O) groups excluding carboxylic acids is 3. The Morgan fingerprint density at radius 3 is 2.30 bits per heavy atom. The smallest absolute Gasteiger partial charge is 0.408 e. The van der Waals surface area contributed by atoms with E-state index in [1.165, 1.54) is 18.2 Å². The van der Waals surface area contributed by atoms with Gasteiger partial charge in [-0.2, -0.15) is 0 Å². The zero-order chi connectivity index (χ0) is 22.3. The summed E-state index contributed by atoms with van der Waals surface area (Å²) >= 11 is 0. The summed E-state index contributed by atoms with van der Waals surface area (Å²) in [6.45, 7) is 6.91. The maximum absolute atomic E-state index is 14.5. The minimum Gasteiger partial charge on any atom is -0.444 e. The highest BCUT2D eigenvalue weighted by Crippen LogP contribution is 2.18. The summed E-state index contributed by atoms with van der Waals surface area (Å²) in [4.78, 5) is 37.4. The van der Waals surface area contributed by atoms with Crippen molar-refractivity contribution in [1.82, 2.24) is 5.32 Å². The lowest BCUT2D eigenvalue weighted by molar-refractivity contribution is -0.120. The summed E-state index contributed by atoms with van der Waals surface area (Å²) in [5.41, 5.74) is -0.128. The molecule has 2 rings (SSSR count). The Bertz CT molecular complexity index is 907. The highest BCUT2D eigenvalue weighted by atomic mass is 19.1. The third-order valence-electron chi connectivity index (χ3n) is 4.21. The van der Waals surface area contributed by atoms with Crippen molar-refractivity contribution in [3.05, 3.63) is 65.5 Å². The summed E-state index contributed by atoms with van der Waals surface area (Å²) in [5.74, 6) is -1.71. The Balaban J connectivity index is 2.17. The van der Waals surface area contributed by atoms with E-state index in [0.29, 0.717) is 12.1 Å². The number of nitrogens with one attached hydrogen (secondary N) is 2. The molecule has 160 valence electrons. The lowest BCUT2D eigenvalue weighted by Gasteiger charge is -2.22. The van der Waals surface area contributed by atoms with Crippen LogP contribution in [0.2, 0.25) is 0 Å². The minimum atomic E-state index is -0.812. The predicted octanol–water partition coefficient (Wildman–Crippen LogP) is 4.49. The lowest BCUT2D eigenvalue weighted by atomic mass is 9.97. The van der Waals surface area contributed by atoms with Gasteiger partial charge in [0, 0.05) is 12.1 Å². The Morgan fingerprint density at radius 2 is 1.70 bits per heavy atom. The number of ketones is 1. The predicted molar refractivity (Wildman–Crippen MR) is 113 cm³/mol. The van der Waals surface area contributed by atoms with Crippen molar-refractivity contribution in [2.45, 2.75) is 52.2 Å². The van der Waals surface area contributed by atoms with Crippen molar-refractivity contribution in [3.63, 3.8) is 0 Å². The monoisotopic (exact) mass is 414 g/mol. The second-order valence-electron chi connectivity index (χ2n) is 7.84. The number of carbonyl (C=O) groups is 3. The third kappa shape index (κ3) is 6.69. The van der Waals surface area contributed by atoms with Crippen LogP contribution in [0.3, 0.4) is 0 Å². The van der Waals surface area contributed by atoms with Gasteiger partial charge in [0.25, 0.3) is 5.91 Å². The van der Waals surface area contributed by atoms with Crippen LogP contribution < -0.4 is 10.6 Å². The zero-order valence-corrected chi connectivity index (χ0v) is 17.6. The van der Waals surface area contributed by atoms with Crippen molar-refractivity contribution < 1.29 is 23.5 Å². The molecule has 0 spiro atoms. The van der Waals surface area contributed by atoms with Crippen LogP contribution in [0.25, 0.3) is 0 Å². The largest absolute Gasteiger partial charge is 0.444 e. The summed E-state index contributed by atoms with van der Waals surface area (Å²) < 4.78 is 19.7. The number of benzene rings is 2. The average molecular weight is 414 g/mol. The van der Waals surface area contributed by atoms with Crippen molar-refractivity contribution in [2.24, 2.45) is 0 Å². The van der Waals surface area contributed by atoms with Crippen LogP contribution in [0.5, 0.6) is 0 Å². The highest BCUT2D eigenvalue weighted by molar-refractivity contribution is 6.06. The normalized spacial score (nSPS) is 12.0. The molecule has 0 saturated heterocycles. The Hall–Kier alpha value is -3.22. The molecular weight excluding hydrogens is 387 g/mol. The van der Waals surface area contributed by atoms with Crippen LogP contribution in [-0.4, -0.2) is 29.4 Å². The van der Waals surface area contributed by atoms with E-state index >= 15 is 0 Å². The van der Waals surface area contributed by atoms with E-state index in [9.17, 15) is 18.8 Å². The first-order valence-corrected chi connectivity index (χ1v) is 9.76. The number of alkyl carbamates (subject to hydrolysis) is 1. The van der Waals surface area contributed by atoms with Gasteiger partial charge in [0.2, 0.25) is 0 Å². The van der Waals surface area contributed by atoms with Gasteiger partial charge in [-0.3, -0.25) is 9.59 Å². The molecule has 0 aliphatic carbocycles. The van der Waals surface area contributed by atoms with Crippen molar-refractivity contribution >= 4 is 23.5 Å². The number of Topliss-reactive ketones (excluding diaryl/α,β-unsaturated/α-hetero) is 1. The molecule has 2 N–H and O–H groups in total. The van der Waals surface area contributed by atoms with Gasteiger partial charge >= 0.3 is 6.09 Å². The Kier molecular flexibility index (Phi) is 7.69. The fourth-order valence-corrected chi connectivity index (χ4v) is 2.86. The van der Waals surface area contributed by atoms with Crippen LogP contribution in [0.15, 0.2) is 48.5 Å². The van der Waals surface area contributed by atoms with Crippen LogP contribution >= 0.6 is 0 Å². The standard InChI is InChI=1S/C23H27FN2O4/c1-5-18(26-22(29)30-23(2,3)4)19(27)14-15-10-9-13-17(24)20(15)21(28)25-16-11-7-6-8-12-16/h6-13,18H,5,14H2,1-4H3,(H,25,28)(H,26,29)/t18-/m0/s1. The maximum atomic E-state index is 14.5. The second kappa shape index (κ2) is 10.0. The number of ether oxygens (including phenoxy) is 1. The van der Waals surface area contributed by atoms with Crippen LogP contribution in [0.1, 0.15) is 50.0 Å². The van der Waals surface area contributed by atoms with Gasteiger partial charge < -0.3 is 15.4 Å². The number of hydrogen-bond donors (Lipinski definition) is 2. The van der Waals surface area contributed by atoms with Gasteiger partial charge in [-0.05, 0) is 51.0 Å². The average Bonchev–Trinajstić information content (AvgIpc) is 2.65. The van der Waals surface area contributed by atoms with Gasteiger partial charge in [-0.25, -0.2) is 9.18 Å². The van der Waals surface area contributed by atoms with E-state index in [2.05, 4.69) is 10.6 Å². The Morgan fingerprint density at radius 1 is 1.03 bits per heavy atom. The molecular formula is C23H27FN2O4. The molecule has 2 aromatic rings. The van der Waals surface area contributed by atoms with Crippen molar-refractivity contribution in [1.29, 1.82) is 0 Å². The molecule has 2 aromatic carbocycles. The van der Waals surface area contributed by atoms with Crippen LogP contribution in [0.4, 0.5) is 14.9 Å². The van der Waals surface area contributed by atoms with Gasteiger partial charge in [-0.1, -0.05) is 37.3 Å². The molecule has 0 unspecified atom stereocenters.